The van der Waals surface area contributed by atoms with Crippen LogP contribution in [0.5, 0.6) is 0 Å². The van der Waals surface area contributed by atoms with Gasteiger partial charge in [0, 0.05) is 51.0 Å². The van der Waals surface area contributed by atoms with Gasteiger partial charge in [-0.25, -0.2) is 9.80 Å². The van der Waals surface area contributed by atoms with Crippen LogP contribution in [-0.4, -0.2) is 76.3 Å². The van der Waals surface area contributed by atoms with Gasteiger partial charge in [0.2, 0.25) is 11.8 Å². The average molecular weight is 609 g/mol. The number of fused-ring (bicyclic) bond motifs is 1. The van der Waals surface area contributed by atoms with E-state index in [-0.39, 0.29) is 55.6 Å². The van der Waals surface area contributed by atoms with Gasteiger partial charge in [-0.05, 0) is 49.2 Å². The molecular weight excluding hydrogens is 569 g/mol. The number of anilines is 1. The minimum absolute atomic E-state index is 0. The molecule has 1 aromatic heterocycles. The average Bonchev–Trinajstić information content (AvgIpc) is 3.54. The molecule has 0 spiro atoms. The quantitative estimate of drug-likeness (QED) is 0.302. The van der Waals surface area contributed by atoms with Gasteiger partial charge in [-0.1, -0.05) is 37.3 Å². The van der Waals surface area contributed by atoms with Gasteiger partial charge in [-0.15, -0.1) is 29.9 Å². The van der Waals surface area contributed by atoms with Crippen molar-refractivity contribution in [3.8, 4) is 11.5 Å². The fourth-order valence-electron chi connectivity index (χ4n) is 4.48. The number of hydrazine groups is 1. The molecule has 224 valence electrons. The van der Waals surface area contributed by atoms with Crippen molar-refractivity contribution in [2.24, 2.45) is 0 Å². The number of likely N-dealkylation sites (N-methyl/N-ethyl adjacent to an activating group) is 2. The van der Waals surface area contributed by atoms with E-state index in [0.717, 1.165) is 17.8 Å². The lowest BCUT2D eigenvalue weighted by molar-refractivity contribution is -0.151. The topological polar surface area (TPSA) is 116 Å². The first kappa shape index (κ1) is 33.8. The predicted octanol–water partition coefficient (Wildman–Crippen LogP) is 2.91. The summed E-state index contributed by atoms with van der Waals surface area (Å²) in [6, 6.07) is 13.7. The van der Waals surface area contributed by atoms with Crippen molar-refractivity contribution >= 4 is 42.3 Å². The van der Waals surface area contributed by atoms with Crippen molar-refractivity contribution in [2.45, 2.75) is 40.4 Å². The van der Waals surface area contributed by atoms with Crippen LogP contribution >= 0.6 is 24.8 Å². The summed E-state index contributed by atoms with van der Waals surface area (Å²) in [5, 5.41) is 14.3. The number of hydrogen-bond donors (Lipinski definition) is 2. The number of carbonyl (C=O) groups excluding carboxylic acids is 2. The molecule has 2 heterocycles. The van der Waals surface area contributed by atoms with Crippen LogP contribution in [0.25, 0.3) is 11.5 Å². The minimum Gasteiger partial charge on any atom is -0.388 e. The molecule has 0 aliphatic carbocycles. The normalized spacial score (nSPS) is 12.2. The highest BCUT2D eigenvalue weighted by Crippen LogP contribution is 2.24. The second-order valence-electron chi connectivity index (χ2n) is 9.55. The Balaban J connectivity index is 0.00000294. The van der Waals surface area contributed by atoms with Crippen molar-refractivity contribution in [2.75, 3.05) is 45.1 Å². The molecule has 2 aromatic carbocycles. The molecule has 41 heavy (non-hydrogen) atoms. The van der Waals surface area contributed by atoms with Gasteiger partial charge in [-0.3, -0.25) is 14.6 Å². The number of halogens is 2. The van der Waals surface area contributed by atoms with Gasteiger partial charge < -0.3 is 20.0 Å². The highest BCUT2D eigenvalue weighted by atomic mass is 35.5. The maximum Gasteiger partial charge on any atom is 0.437 e. The number of hydrogen-bond acceptors (Lipinski definition) is 8. The van der Waals surface area contributed by atoms with Crippen molar-refractivity contribution in [3.05, 3.63) is 69.7 Å². The Morgan fingerprint density at radius 1 is 1.05 bits per heavy atom. The van der Waals surface area contributed by atoms with Crippen molar-refractivity contribution in [1.29, 1.82) is 0 Å². The molecular formula is C28H39Cl2N7O4. The number of rotatable bonds is 12. The van der Waals surface area contributed by atoms with E-state index in [9.17, 15) is 14.4 Å². The van der Waals surface area contributed by atoms with Crippen molar-refractivity contribution in [1.82, 2.24) is 30.0 Å². The van der Waals surface area contributed by atoms with Crippen LogP contribution in [0.2, 0.25) is 0 Å². The van der Waals surface area contributed by atoms with Gasteiger partial charge in [0.05, 0.1) is 6.54 Å². The first-order chi connectivity index (χ1) is 18.8. The highest BCUT2D eigenvalue weighted by molar-refractivity contribution is 5.87. The molecule has 0 unspecified atom stereocenters. The molecule has 2 N–H and O–H groups in total. The maximum absolute atomic E-state index is 13.3. The molecule has 1 aliphatic rings. The lowest BCUT2D eigenvalue weighted by Crippen LogP contribution is -2.49. The summed E-state index contributed by atoms with van der Waals surface area (Å²) in [4.78, 5) is 40.0. The van der Waals surface area contributed by atoms with Crippen LogP contribution in [-0.2, 0) is 29.2 Å². The van der Waals surface area contributed by atoms with Gasteiger partial charge in [0.25, 0.3) is 5.91 Å². The fraction of sp³-hybridized carbons (Fsp3) is 0.429. The van der Waals surface area contributed by atoms with E-state index in [1.807, 2.05) is 50.0 Å². The summed E-state index contributed by atoms with van der Waals surface area (Å²) in [6.45, 7) is 9.24. The lowest BCUT2D eigenvalue weighted by atomic mass is 10.1. The second kappa shape index (κ2) is 15.6. The van der Waals surface area contributed by atoms with E-state index in [1.54, 1.807) is 23.0 Å². The van der Waals surface area contributed by atoms with Crippen LogP contribution in [0.4, 0.5) is 5.69 Å². The monoisotopic (exact) mass is 607 g/mol. The van der Waals surface area contributed by atoms with Crippen LogP contribution in [0.15, 0.2) is 51.7 Å². The van der Waals surface area contributed by atoms with Crippen LogP contribution < -0.4 is 16.4 Å². The molecule has 4 rings (SSSR count). The van der Waals surface area contributed by atoms with Gasteiger partial charge in [-0.2, -0.15) is 4.68 Å². The van der Waals surface area contributed by atoms with Crippen LogP contribution in [0.3, 0.4) is 0 Å². The third-order valence-corrected chi connectivity index (χ3v) is 6.92. The predicted molar refractivity (Wildman–Crippen MR) is 163 cm³/mol. The van der Waals surface area contributed by atoms with Crippen LogP contribution in [0, 0.1) is 6.92 Å². The van der Waals surface area contributed by atoms with Gasteiger partial charge in [0.1, 0.15) is 6.54 Å². The van der Waals surface area contributed by atoms with Gasteiger partial charge in [0.15, 0.2) is 0 Å². The SMILES string of the molecule is CCNCCN(CC(=O)N(C)N1Cc2ccccc2C1)C(=O)CNc1cc(-c2nn(CC)c(=O)o2)ccc1C.Cl.Cl. The standard InChI is InChI=1S/C28H37N7O4.2ClH/c1-5-29-13-14-33(19-26(37)32(4)34-17-22-9-7-8-10-23(22)18-34)25(36)16-30-24-15-21(12-11-20(24)3)27-31-35(6-2)28(38)39-27;;/h7-12,15,29-30H,5-6,13-14,16-19H2,1-4H3;2*1H. The zero-order valence-corrected chi connectivity index (χ0v) is 25.5. The highest BCUT2D eigenvalue weighted by Gasteiger charge is 2.27. The third kappa shape index (κ3) is 8.32. The smallest absolute Gasteiger partial charge is 0.388 e. The Morgan fingerprint density at radius 2 is 1.73 bits per heavy atom. The first-order valence-corrected chi connectivity index (χ1v) is 13.3. The molecule has 0 bridgehead atoms. The minimum atomic E-state index is -0.512. The summed E-state index contributed by atoms with van der Waals surface area (Å²) in [5.74, 6) is -0.624. The zero-order valence-electron chi connectivity index (χ0n) is 23.9. The molecule has 1 aliphatic heterocycles. The molecule has 2 amide bonds. The van der Waals surface area contributed by atoms with E-state index in [4.69, 9.17) is 4.42 Å². The third-order valence-electron chi connectivity index (χ3n) is 6.92. The van der Waals surface area contributed by atoms with Crippen LogP contribution in [0.1, 0.15) is 30.5 Å². The van der Waals surface area contributed by atoms with Crippen molar-refractivity contribution in [3.63, 3.8) is 0 Å². The number of benzene rings is 2. The molecule has 0 saturated heterocycles. The number of aryl methyl sites for hydroxylation is 2. The molecule has 0 fully saturated rings. The summed E-state index contributed by atoms with van der Waals surface area (Å²) < 4.78 is 6.53. The summed E-state index contributed by atoms with van der Waals surface area (Å²) in [7, 11) is 1.76. The summed E-state index contributed by atoms with van der Waals surface area (Å²) >= 11 is 0. The Kier molecular flexibility index (Phi) is 12.8. The largest absolute Gasteiger partial charge is 0.437 e. The van der Waals surface area contributed by atoms with E-state index < -0.39 is 5.76 Å². The van der Waals surface area contributed by atoms with E-state index in [1.165, 1.54) is 15.8 Å². The maximum atomic E-state index is 13.3. The first-order valence-electron chi connectivity index (χ1n) is 13.3. The Morgan fingerprint density at radius 3 is 2.34 bits per heavy atom. The summed E-state index contributed by atoms with van der Waals surface area (Å²) in [6.07, 6.45) is 0. The number of nitrogens with zero attached hydrogens (tertiary/aromatic N) is 5. The number of aromatic nitrogens is 2. The Bertz CT molecular complexity index is 1350. The van der Waals surface area contributed by atoms with E-state index in [2.05, 4.69) is 27.9 Å². The number of amides is 2. The Labute approximate surface area is 252 Å². The fourth-order valence-corrected chi connectivity index (χ4v) is 4.48. The van der Waals surface area contributed by atoms with E-state index in [0.29, 0.717) is 38.3 Å². The molecule has 3 aromatic rings. The molecule has 13 heteroatoms. The molecule has 0 saturated carbocycles. The Hall–Kier alpha value is -3.38. The van der Waals surface area contributed by atoms with E-state index >= 15 is 0 Å². The van der Waals surface area contributed by atoms with Gasteiger partial charge >= 0.3 is 5.76 Å². The zero-order chi connectivity index (χ0) is 27.9. The second-order valence-corrected chi connectivity index (χ2v) is 9.55. The molecule has 0 radical (unpaired) electrons. The number of carbonyl (C=O) groups is 2. The van der Waals surface area contributed by atoms with Crippen molar-refractivity contribution < 1.29 is 14.0 Å². The lowest BCUT2D eigenvalue weighted by Gasteiger charge is -2.31. The summed E-state index contributed by atoms with van der Waals surface area (Å²) in [5.41, 5.74) is 4.69. The molecule has 11 nitrogen and oxygen atoms in total. The number of nitrogens with one attached hydrogen (secondary N) is 2. The molecule has 0 atom stereocenters.